The van der Waals surface area contributed by atoms with Crippen LogP contribution in [0.1, 0.15) is 48.2 Å². The zero-order valence-corrected chi connectivity index (χ0v) is 15.6. The Morgan fingerprint density at radius 3 is 2.56 bits per heavy atom. The molecule has 0 N–H and O–H groups in total. The van der Waals surface area contributed by atoms with E-state index in [1.807, 2.05) is 55.5 Å². The van der Waals surface area contributed by atoms with Crippen molar-refractivity contribution in [2.24, 2.45) is 4.99 Å². The van der Waals surface area contributed by atoms with Crippen molar-refractivity contribution in [2.45, 2.75) is 45.1 Å². The van der Waals surface area contributed by atoms with E-state index in [0.717, 1.165) is 29.7 Å². The zero-order valence-electron chi connectivity index (χ0n) is 15.6. The van der Waals surface area contributed by atoms with Crippen LogP contribution in [-0.2, 0) is 0 Å². The van der Waals surface area contributed by atoms with Gasteiger partial charge in [0.05, 0.1) is 29.2 Å². The summed E-state index contributed by atoms with van der Waals surface area (Å²) >= 11 is 0. The van der Waals surface area contributed by atoms with Crippen LogP contribution >= 0.6 is 0 Å². The van der Waals surface area contributed by atoms with Crippen LogP contribution in [0, 0.1) is 6.92 Å². The Bertz CT molecular complexity index is 994. The van der Waals surface area contributed by atoms with Gasteiger partial charge in [-0.25, -0.2) is 4.68 Å². The minimum atomic E-state index is -0.0927. The Hall–Kier alpha value is -2.95. The van der Waals surface area contributed by atoms with Crippen LogP contribution in [0.25, 0.3) is 5.69 Å². The number of pyridine rings is 1. The van der Waals surface area contributed by atoms with Crippen LogP contribution in [0.3, 0.4) is 0 Å². The van der Waals surface area contributed by atoms with Gasteiger partial charge in [0.15, 0.2) is 0 Å². The second-order valence-electron chi connectivity index (χ2n) is 7.05. The van der Waals surface area contributed by atoms with E-state index < -0.39 is 0 Å². The van der Waals surface area contributed by atoms with Crippen LogP contribution in [0.4, 0.5) is 0 Å². The van der Waals surface area contributed by atoms with Gasteiger partial charge in [0, 0.05) is 6.20 Å². The van der Waals surface area contributed by atoms with E-state index >= 15 is 0 Å². The SMILES string of the molecule is Cc1c(C(=O)n2ccccc2=NC2CCCCC2)cnn1-c1ccccc1. The van der Waals surface area contributed by atoms with Crippen molar-refractivity contribution in [2.75, 3.05) is 0 Å². The first-order valence-electron chi connectivity index (χ1n) is 9.60. The highest BCUT2D eigenvalue weighted by atomic mass is 16.2. The van der Waals surface area contributed by atoms with Gasteiger partial charge in [-0.05, 0) is 44.0 Å². The summed E-state index contributed by atoms with van der Waals surface area (Å²) in [7, 11) is 0. The Morgan fingerprint density at radius 1 is 1.04 bits per heavy atom. The van der Waals surface area contributed by atoms with Crippen LogP contribution < -0.4 is 5.49 Å². The maximum atomic E-state index is 13.2. The summed E-state index contributed by atoms with van der Waals surface area (Å²) in [6, 6.07) is 15.9. The van der Waals surface area contributed by atoms with Crippen molar-refractivity contribution < 1.29 is 4.79 Å². The average molecular weight is 360 g/mol. The molecule has 27 heavy (non-hydrogen) atoms. The predicted molar refractivity (Wildman–Crippen MR) is 105 cm³/mol. The minimum Gasteiger partial charge on any atom is -0.268 e. The smallest absolute Gasteiger partial charge is 0.267 e. The molecule has 0 unspecified atom stereocenters. The Labute approximate surface area is 159 Å². The van der Waals surface area contributed by atoms with E-state index in [2.05, 4.69) is 5.10 Å². The summed E-state index contributed by atoms with van der Waals surface area (Å²) in [5.74, 6) is -0.0927. The molecule has 0 spiro atoms. The van der Waals surface area contributed by atoms with Crippen molar-refractivity contribution in [3.8, 4) is 5.69 Å². The second-order valence-corrected chi connectivity index (χ2v) is 7.05. The highest BCUT2D eigenvalue weighted by molar-refractivity contribution is 5.96. The average Bonchev–Trinajstić information content (AvgIpc) is 3.11. The molecule has 1 aromatic carbocycles. The van der Waals surface area contributed by atoms with E-state index in [0.29, 0.717) is 11.6 Å². The second kappa shape index (κ2) is 7.74. The number of rotatable bonds is 3. The largest absolute Gasteiger partial charge is 0.268 e. The van der Waals surface area contributed by atoms with E-state index in [4.69, 9.17) is 4.99 Å². The summed E-state index contributed by atoms with van der Waals surface area (Å²) in [5, 5.41) is 4.43. The van der Waals surface area contributed by atoms with Crippen LogP contribution in [-0.4, -0.2) is 26.3 Å². The molecular weight excluding hydrogens is 336 g/mol. The number of benzene rings is 1. The highest BCUT2D eigenvalue weighted by Gasteiger charge is 2.18. The Morgan fingerprint density at radius 2 is 1.78 bits per heavy atom. The fourth-order valence-corrected chi connectivity index (χ4v) is 3.69. The molecule has 0 amide bonds. The quantitative estimate of drug-likeness (QED) is 0.711. The molecule has 0 saturated heterocycles. The molecule has 0 atom stereocenters. The van der Waals surface area contributed by atoms with Crippen molar-refractivity contribution >= 4 is 5.91 Å². The molecule has 1 aliphatic rings. The van der Waals surface area contributed by atoms with Crippen molar-refractivity contribution in [3.05, 3.63) is 77.7 Å². The van der Waals surface area contributed by atoms with Gasteiger partial charge < -0.3 is 0 Å². The summed E-state index contributed by atoms with van der Waals surface area (Å²) < 4.78 is 3.45. The minimum absolute atomic E-state index is 0.0927. The molecule has 1 aliphatic carbocycles. The molecule has 2 aromatic heterocycles. The van der Waals surface area contributed by atoms with Gasteiger partial charge >= 0.3 is 0 Å². The van der Waals surface area contributed by atoms with E-state index in [-0.39, 0.29) is 5.91 Å². The van der Waals surface area contributed by atoms with Crippen molar-refractivity contribution in [1.29, 1.82) is 0 Å². The molecule has 5 nitrogen and oxygen atoms in total. The molecule has 3 aromatic rings. The number of nitrogens with zero attached hydrogens (tertiary/aromatic N) is 4. The lowest BCUT2D eigenvalue weighted by Crippen LogP contribution is -2.29. The highest BCUT2D eigenvalue weighted by Crippen LogP contribution is 2.20. The number of hydrogen-bond acceptors (Lipinski definition) is 3. The molecule has 138 valence electrons. The zero-order chi connectivity index (χ0) is 18.6. The normalized spacial score (nSPS) is 15.8. The van der Waals surface area contributed by atoms with Crippen LogP contribution in [0.5, 0.6) is 0 Å². The van der Waals surface area contributed by atoms with Gasteiger partial charge in [0.1, 0.15) is 5.49 Å². The maximum Gasteiger partial charge on any atom is 0.267 e. The van der Waals surface area contributed by atoms with Gasteiger partial charge in [0.25, 0.3) is 5.91 Å². The predicted octanol–water partition coefficient (Wildman–Crippen LogP) is 3.90. The number of carbonyl (C=O) groups excluding carboxylic acids is 1. The number of carbonyl (C=O) groups is 1. The molecule has 4 rings (SSSR count). The fourth-order valence-electron chi connectivity index (χ4n) is 3.69. The van der Waals surface area contributed by atoms with Crippen LogP contribution in [0.2, 0.25) is 0 Å². The molecule has 1 saturated carbocycles. The monoisotopic (exact) mass is 360 g/mol. The molecule has 0 bridgehead atoms. The molecule has 0 radical (unpaired) electrons. The number of para-hydroxylation sites is 1. The topological polar surface area (TPSA) is 52.2 Å². The molecular formula is C22H24N4O. The first-order chi connectivity index (χ1) is 13.2. The lowest BCUT2D eigenvalue weighted by Gasteiger charge is -2.17. The fraction of sp³-hybridized carbons (Fsp3) is 0.318. The van der Waals surface area contributed by atoms with Gasteiger partial charge in [-0.3, -0.25) is 14.4 Å². The summed E-state index contributed by atoms with van der Waals surface area (Å²) in [6.07, 6.45) is 9.38. The maximum absolute atomic E-state index is 13.2. The number of aromatic nitrogens is 3. The summed E-state index contributed by atoms with van der Waals surface area (Å²) in [4.78, 5) is 18.1. The van der Waals surface area contributed by atoms with E-state index in [1.165, 1.54) is 19.3 Å². The standard InChI is InChI=1S/C22H24N4O/c1-17-20(16-23-26(17)19-12-6-3-7-13-19)22(27)25-15-9-8-14-21(25)24-18-10-4-2-5-11-18/h3,6-9,12-16,18H,2,4-5,10-11H2,1H3. The van der Waals surface area contributed by atoms with Gasteiger partial charge in [0.2, 0.25) is 0 Å². The lowest BCUT2D eigenvalue weighted by molar-refractivity contribution is 0.0953. The van der Waals surface area contributed by atoms with Gasteiger partial charge in [-0.2, -0.15) is 5.10 Å². The third-order valence-electron chi connectivity index (χ3n) is 5.19. The van der Waals surface area contributed by atoms with Crippen molar-refractivity contribution in [3.63, 3.8) is 0 Å². The Balaban J connectivity index is 1.70. The summed E-state index contributed by atoms with van der Waals surface area (Å²) in [5.41, 5.74) is 3.09. The molecule has 5 heteroatoms. The molecule has 0 aliphatic heterocycles. The van der Waals surface area contributed by atoms with E-state index in [1.54, 1.807) is 21.6 Å². The first kappa shape index (κ1) is 17.5. The van der Waals surface area contributed by atoms with Gasteiger partial charge in [-0.15, -0.1) is 0 Å². The van der Waals surface area contributed by atoms with Crippen LogP contribution in [0.15, 0.2) is 65.9 Å². The first-order valence-corrected chi connectivity index (χ1v) is 9.60. The van der Waals surface area contributed by atoms with E-state index in [9.17, 15) is 4.79 Å². The third-order valence-corrected chi connectivity index (χ3v) is 5.19. The van der Waals surface area contributed by atoms with Crippen molar-refractivity contribution in [1.82, 2.24) is 14.3 Å². The molecule has 2 heterocycles. The summed E-state index contributed by atoms with van der Waals surface area (Å²) in [6.45, 7) is 1.93. The lowest BCUT2D eigenvalue weighted by atomic mass is 9.96. The number of hydrogen-bond donors (Lipinski definition) is 0. The van der Waals surface area contributed by atoms with Gasteiger partial charge in [-0.1, -0.05) is 43.5 Å². The third kappa shape index (κ3) is 3.63. The molecule has 1 fully saturated rings. The Kier molecular flexibility index (Phi) is 5.01.